The van der Waals surface area contributed by atoms with Crippen LogP contribution in [0.25, 0.3) is 0 Å². The first-order valence-electron chi connectivity index (χ1n) is 16.0. The number of nitrogens with one attached hydrogen (secondary N) is 4. The van der Waals surface area contributed by atoms with Crippen LogP contribution < -0.4 is 21.3 Å². The number of carbonyl (C=O) groups is 6. The number of carbonyl (C=O) groups excluding carboxylic acids is 5. The van der Waals surface area contributed by atoms with Crippen molar-refractivity contribution in [1.29, 1.82) is 0 Å². The Morgan fingerprint density at radius 1 is 1.10 bits per heavy atom. The molecule has 0 bridgehead atoms. The molecule has 0 aromatic heterocycles. The van der Waals surface area contributed by atoms with Gasteiger partial charge in [0.2, 0.25) is 23.6 Å². The molecule has 0 saturated heterocycles. The fourth-order valence-corrected chi connectivity index (χ4v) is 5.09. The summed E-state index contributed by atoms with van der Waals surface area (Å²) in [6, 6.07) is 3.97. The maximum absolute atomic E-state index is 13.3. The summed E-state index contributed by atoms with van der Waals surface area (Å²) >= 11 is 0. The number of anilines is 1. The molecule has 0 unspecified atom stereocenters. The van der Waals surface area contributed by atoms with Crippen molar-refractivity contribution in [3.8, 4) is 0 Å². The van der Waals surface area contributed by atoms with Gasteiger partial charge in [0.25, 0.3) is 5.91 Å². The molecule has 1 aliphatic carbocycles. The van der Waals surface area contributed by atoms with Gasteiger partial charge in [-0.15, -0.1) is 0 Å². The molecule has 1 saturated carbocycles. The molecule has 5 N–H and O–H groups in total. The first-order valence-corrected chi connectivity index (χ1v) is 16.0. The maximum Gasteiger partial charge on any atom is 0.506 e. The van der Waals surface area contributed by atoms with E-state index in [9.17, 15) is 28.8 Å². The van der Waals surface area contributed by atoms with Crippen LogP contribution in [0.15, 0.2) is 42.6 Å². The number of ether oxygens (including phenoxy) is 2. The molecule has 1 fully saturated rings. The zero-order valence-corrected chi connectivity index (χ0v) is 27.5. The standard InChI is InChI=1S/C33H46N6O9/c1-22-9-12-30(42)39(22)15-17-47-16-13-28(40)35-19-29(41)37-27(8-5-14-34-2)31(43)36-26-11-10-24(21-48-33(45)46)25(18-26)20-38(3)32(44)23-6-4-7-23/h9-12,18,23,27,34H,1,4-8,13-17,19-21H2,2-3H3,(H,35,40)(H,36,43)(H,37,41)(H,45,46)/t27-/m0/s1. The molecule has 1 atom stereocenters. The number of hydrogen-bond acceptors (Lipinski definition) is 9. The lowest BCUT2D eigenvalue weighted by Gasteiger charge is -2.29. The average Bonchev–Trinajstić information content (AvgIpc) is 3.34. The van der Waals surface area contributed by atoms with Crippen LogP contribution in [0.1, 0.15) is 49.7 Å². The van der Waals surface area contributed by atoms with E-state index in [0.717, 1.165) is 19.3 Å². The molecular formula is C33H46N6O9. The van der Waals surface area contributed by atoms with Gasteiger partial charge in [-0.1, -0.05) is 19.1 Å². The Morgan fingerprint density at radius 3 is 2.52 bits per heavy atom. The van der Waals surface area contributed by atoms with Crippen molar-refractivity contribution in [3.05, 3.63) is 53.8 Å². The van der Waals surface area contributed by atoms with Crippen molar-refractivity contribution in [3.63, 3.8) is 0 Å². The van der Waals surface area contributed by atoms with Crippen molar-refractivity contribution >= 4 is 41.4 Å². The van der Waals surface area contributed by atoms with Crippen LogP contribution in [-0.4, -0.2) is 104 Å². The van der Waals surface area contributed by atoms with Crippen LogP contribution in [0.2, 0.25) is 0 Å². The first-order chi connectivity index (χ1) is 23.0. The summed E-state index contributed by atoms with van der Waals surface area (Å²) in [5.74, 6) is -1.62. The highest BCUT2D eigenvalue weighted by atomic mass is 16.7. The Bertz CT molecular complexity index is 1360. The predicted molar refractivity (Wildman–Crippen MR) is 175 cm³/mol. The molecule has 1 aromatic rings. The third kappa shape index (κ3) is 12.1. The van der Waals surface area contributed by atoms with Crippen molar-refractivity contribution in [1.82, 2.24) is 25.8 Å². The lowest BCUT2D eigenvalue weighted by Crippen LogP contribution is -2.47. The average molecular weight is 671 g/mol. The number of amides is 5. The molecular weight excluding hydrogens is 624 g/mol. The van der Waals surface area contributed by atoms with E-state index >= 15 is 0 Å². The predicted octanol–water partition coefficient (Wildman–Crippen LogP) is 1.50. The summed E-state index contributed by atoms with van der Waals surface area (Å²) in [6.07, 6.45) is 5.20. The van der Waals surface area contributed by atoms with Gasteiger partial charge in [0, 0.05) is 49.9 Å². The van der Waals surface area contributed by atoms with E-state index < -0.39 is 29.9 Å². The number of hydrogen-bond donors (Lipinski definition) is 5. The van der Waals surface area contributed by atoms with Crippen molar-refractivity contribution in [2.24, 2.45) is 5.92 Å². The largest absolute Gasteiger partial charge is 0.506 e. The van der Waals surface area contributed by atoms with E-state index in [1.165, 1.54) is 11.0 Å². The van der Waals surface area contributed by atoms with Crippen LogP contribution >= 0.6 is 0 Å². The van der Waals surface area contributed by atoms with Crippen molar-refractivity contribution in [2.45, 2.75) is 57.7 Å². The summed E-state index contributed by atoms with van der Waals surface area (Å²) in [5.41, 5.74) is 2.14. The van der Waals surface area contributed by atoms with Gasteiger partial charge < -0.3 is 45.6 Å². The Morgan fingerprint density at radius 2 is 1.88 bits per heavy atom. The summed E-state index contributed by atoms with van der Waals surface area (Å²) < 4.78 is 10.2. The molecule has 1 aromatic carbocycles. The van der Waals surface area contributed by atoms with Gasteiger partial charge in [0.1, 0.15) is 12.6 Å². The van der Waals surface area contributed by atoms with E-state index in [0.29, 0.717) is 48.4 Å². The van der Waals surface area contributed by atoms with Crippen LogP contribution in [0, 0.1) is 5.92 Å². The van der Waals surface area contributed by atoms with E-state index in [1.54, 1.807) is 43.3 Å². The fourth-order valence-electron chi connectivity index (χ4n) is 5.09. The zero-order chi connectivity index (χ0) is 35.1. The molecule has 3 rings (SSSR count). The Balaban J connectivity index is 1.53. The second kappa shape index (κ2) is 19.2. The summed E-state index contributed by atoms with van der Waals surface area (Å²) in [4.78, 5) is 76.9. The van der Waals surface area contributed by atoms with Gasteiger partial charge in [0.05, 0.1) is 19.8 Å². The highest BCUT2D eigenvalue weighted by molar-refractivity contribution is 5.98. The third-order valence-electron chi connectivity index (χ3n) is 8.04. The van der Waals surface area contributed by atoms with Gasteiger partial charge in [-0.25, -0.2) is 4.79 Å². The number of carboxylic acid groups (broad SMARTS) is 1. The maximum atomic E-state index is 13.3. The second-order valence-corrected chi connectivity index (χ2v) is 11.7. The van der Waals surface area contributed by atoms with E-state index in [-0.39, 0.29) is 57.1 Å². The molecule has 0 radical (unpaired) electrons. The van der Waals surface area contributed by atoms with Crippen LogP contribution in [-0.2, 0) is 46.6 Å². The van der Waals surface area contributed by atoms with E-state index in [1.807, 2.05) is 0 Å². The number of rotatable bonds is 20. The monoisotopic (exact) mass is 670 g/mol. The van der Waals surface area contributed by atoms with Crippen LogP contribution in [0.5, 0.6) is 0 Å². The van der Waals surface area contributed by atoms with Gasteiger partial charge >= 0.3 is 6.16 Å². The van der Waals surface area contributed by atoms with Gasteiger partial charge in [0.15, 0.2) is 0 Å². The Labute approximate surface area is 280 Å². The SMILES string of the molecule is C=C1C=CC(=O)N1CCOCCC(=O)NCC(=O)N[C@@H](CCCNC)C(=O)Nc1ccc(COC(=O)O)c(CN(C)C(=O)C2CCC2)c1. The minimum atomic E-state index is -1.43. The highest BCUT2D eigenvalue weighted by Crippen LogP contribution is 2.29. The molecule has 262 valence electrons. The summed E-state index contributed by atoms with van der Waals surface area (Å²) in [6.45, 7) is 4.63. The molecule has 1 heterocycles. The molecule has 15 heteroatoms. The Kier molecular flexibility index (Phi) is 15.0. The van der Waals surface area contributed by atoms with Crippen LogP contribution in [0.3, 0.4) is 0 Å². The number of benzene rings is 1. The third-order valence-corrected chi connectivity index (χ3v) is 8.04. The Hall–Kier alpha value is -4.76. The first kappa shape index (κ1) is 37.7. The van der Waals surface area contributed by atoms with Crippen molar-refractivity contribution < 1.29 is 43.3 Å². The summed E-state index contributed by atoms with van der Waals surface area (Å²) in [7, 11) is 3.46. The number of nitrogens with zero attached hydrogens (tertiary/aromatic N) is 2. The molecule has 0 spiro atoms. The topological polar surface area (TPSA) is 196 Å². The highest BCUT2D eigenvalue weighted by Gasteiger charge is 2.28. The molecule has 15 nitrogen and oxygen atoms in total. The lowest BCUT2D eigenvalue weighted by atomic mass is 9.84. The fraction of sp³-hybridized carbons (Fsp3) is 0.515. The summed E-state index contributed by atoms with van der Waals surface area (Å²) in [5, 5.41) is 20.0. The quantitative estimate of drug-likeness (QED) is 0.100. The van der Waals surface area contributed by atoms with Crippen LogP contribution in [0.4, 0.5) is 10.5 Å². The van der Waals surface area contributed by atoms with E-state index in [2.05, 4.69) is 27.8 Å². The zero-order valence-electron chi connectivity index (χ0n) is 27.5. The van der Waals surface area contributed by atoms with E-state index in [4.69, 9.17) is 14.6 Å². The molecule has 48 heavy (non-hydrogen) atoms. The molecule has 5 amide bonds. The molecule has 2 aliphatic rings. The van der Waals surface area contributed by atoms with Gasteiger partial charge in [-0.2, -0.15) is 0 Å². The lowest BCUT2D eigenvalue weighted by molar-refractivity contribution is -0.137. The number of allylic oxidation sites excluding steroid dienone is 1. The van der Waals surface area contributed by atoms with Crippen molar-refractivity contribution in [2.75, 3.05) is 52.3 Å². The minimum absolute atomic E-state index is 0.00375. The van der Waals surface area contributed by atoms with Gasteiger partial charge in [-0.05, 0) is 68.6 Å². The minimum Gasteiger partial charge on any atom is -0.450 e. The smallest absolute Gasteiger partial charge is 0.450 e. The second-order valence-electron chi connectivity index (χ2n) is 11.7. The normalized spacial score (nSPS) is 14.7. The van der Waals surface area contributed by atoms with Gasteiger partial charge in [-0.3, -0.25) is 24.0 Å². The molecule has 1 aliphatic heterocycles.